The average molecular weight is 447 g/mol. The third-order valence-electron chi connectivity index (χ3n) is 5.78. The number of ether oxygens (including phenoxy) is 2. The topological polar surface area (TPSA) is 76.2 Å². The number of amides is 1. The van der Waals surface area contributed by atoms with Gasteiger partial charge in [0.1, 0.15) is 6.54 Å². The van der Waals surface area contributed by atoms with E-state index in [0.29, 0.717) is 17.2 Å². The first-order valence-electron chi connectivity index (χ1n) is 10.4. The molecule has 0 aromatic heterocycles. The minimum atomic E-state index is -4.02. The van der Waals surface area contributed by atoms with Crippen molar-refractivity contribution in [3.05, 3.63) is 48.5 Å². The SMILES string of the molecule is COc1ccc(S(=O)(=O)N(CC(=O)N(C)C2CCCCC2)c2ccccc2)cc1OC. The summed E-state index contributed by atoms with van der Waals surface area (Å²) >= 11 is 0. The minimum Gasteiger partial charge on any atom is -0.493 e. The van der Waals surface area contributed by atoms with Crippen molar-refractivity contribution in [1.29, 1.82) is 0 Å². The summed E-state index contributed by atoms with van der Waals surface area (Å²) in [6.45, 7) is -0.270. The Bertz CT molecular complexity index is 988. The van der Waals surface area contributed by atoms with Crippen LogP contribution in [0, 0.1) is 0 Å². The molecule has 0 spiro atoms. The molecule has 0 bridgehead atoms. The van der Waals surface area contributed by atoms with Crippen LogP contribution in [0.1, 0.15) is 32.1 Å². The summed E-state index contributed by atoms with van der Waals surface area (Å²) in [6, 6.07) is 13.3. The molecular weight excluding hydrogens is 416 g/mol. The van der Waals surface area contributed by atoms with Gasteiger partial charge in [-0.1, -0.05) is 37.5 Å². The van der Waals surface area contributed by atoms with E-state index < -0.39 is 10.0 Å². The van der Waals surface area contributed by atoms with Crippen LogP contribution in [0.15, 0.2) is 53.4 Å². The van der Waals surface area contributed by atoms with E-state index in [9.17, 15) is 13.2 Å². The zero-order valence-corrected chi connectivity index (χ0v) is 19.1. The van der Waals surface area contributed by atoms with Crippen LogP contribution in [0.4, 0.5) is 5.69 Å². The molecule has 0 saturated heterocycles. The number of hydrogen-bond acceptors (Lipinski definition) is 5. The van der Waals surface area contributed by atoms with Gasteiger partial charge in [0.25, 0.3) is 10.0 Å². The van der Waals surface area contributed by atoms with Gasteiger partial charge in [-0.15, -0.1) is 0 Å². The standard InChI is InChI=1S/C23H30N2O5S/c1-24(18-10-6-4-7-11-18)23(26)17-25(19-12-8-5-9-13-19)31(27,28)20-14-15-21(29-2)22(16-20)30-3/h5,8-9,12-16,18H,4,6-7,10-11,17H2,1-3H3. The second-order valence-corrected chi connectivity index (χ2v) is 9.52. The van der Waals surface area contributed by atoms with Crippen LogP contribution in [0.25, 0.3) is 0 Å². The molecule has 0 N–H and O–H groups in total. The molecule has 1 fully saturated rings. The fourth-order valence-electron chi connectivity index (χ4n) is 3.92. The second-order valence-electron chi connectivity index (χ2n) is 7.66. The number of methoxy groups -OCH3 is 2. The van der Waals surface area contributed by atoms with Crippen molar-refractivity contribution in [2.24, 2.45) is 0 Å². The van der Waals surface area contributed by atoms with Gasteiger partial charge in [-0.3, -0.25) is 9.10 Å². The van der Waals surface area contributed by atoms with Crippen LogP contribution in [-0.2, 0) is 14.8 Å². The second kappa shape index (κ2) is 10.0. The highest BCUT2D eigenvalue weighted by molar-refractivity contribution is 7.92. The lowest BCUT2D eigenvalue weighted by molar-refractivity contribution is -0.130. The molecule has 8 heteroatoms. The lowest BCUT2D eigenvalue weighted by Crippen LogP contribution is -2.45. The highest BCUT2D eigenvalue weighted by atomic mass is 32.2. The molecule has 2 aromatic rings. The molecule has 0 heterocycles. The van der Waals surface area contributed by atoms with Gasteiger partial charge in [0.05, 0.1) is 24.8 Å². The summed E-state index contributed by atoms with van der Waals surface area (Å²) in [7, 11) is 0.686. The molecule has 3 rings (SSSR count). The van der Waals surface area contributed by atoms with Crippen LogP contribution in [0.5, 0.6) is 11.5 Å². The largest absolute Gasteiger partial charge is 0.493 e. The highest BCUT2D eigenvalue weighted by Gasteiger charge is 2.31. The fourth-order valence-corrected chi connectivity index (χ4v) is 5.35. The molecule has 7 nitrogen and oxygen atoms in total. The van der Waals surface area contributed by atoms with Crippen LogP contribution in [-0.4, -0.2) is 53.1 Å². The molecule has 168 valence electrons. The first-order valence-corrected chi connectivity index (χ1v) is 11.9. The number of rotatable bonds is 8. The van der Waals surface area contributed by atoms with E-state index in [1.807, 2.05) is 0 Å². The van der Waals surface area contributed by atoms with Crippen LogP contribution in [0.3, 0.4) is 0 Å². The van der Waals surface area contributed by atoms with Gasteiger partial charge >= 0.3 is 0 Å². The predicted molar refractivity (Wildman–Crippen MR) is 120 cm³/mol. The molecule has 1 amide bonds. The van der Waals surface area contributed by atoms with Crippen molar-refractivity contribution in [2.75, 3.05) is 32.1 Å². The molecule has 0 aliphatic heterocycles. The summed E-state index contributed by atoms with van der Waals surface area (Å²) in [5.74, 6) is 0.517. The molecule has 0 atom stereocenters. The molecular formula is C23H30N2O5S. The normalized spacial score (nSPS) is 14.7. The summed E-state index contributed by atoms with van der Waals surface area (Å²) in [5, 5.41) is 0. The maximum atomic E-state index is 13.6. The third kappa shape index (κ3) is 5.12. The number of likely N-dealkylation sites (N-methyl/N-ethyl adjacent to an activating group) is 1. The van der Waals surface area contributed by atoms with E-state index >= 15 is 0 Å². The summed E-state index contributed by atoms with van der Waals surface area (Å²) in [5.41, 5.74) is 0.433. The molecule has 1 aliphatic carbocycles. The lowest BCUT2D eigenvalue weighted by Gasteiger charge is -2.33. The molecule has 1 saturated carbocycles. The number of benzene rings is 2. The van der Waals surface area contributed by atoms with E-state index in [-0.39, 0.29) is 23.4 Å². The summed E-state index contributed by atoms with van der Waals surface area (Å²) < 4.78 is 38.8. The number of sulfonamides is 1. The van der Waals surface area contributed by atoms with Crippen molar-refractivity contribution in [2.45, 2.75) is 43.0 Å². The van der Waals surface area contributed by atoms with Gasteiger partial charge in [0, 0.05) is 19.2 Å². The Morgan fingerprint density at radius 1 is 0.968 bits per heavy atom. The Hall–Kier alpha value is -2.74. The zero-order chi connectivity index (χ0) is 22.4. The van der Waals surface area contributed by atoms with E-state index in [4.69, 9.17) is 9.47 Å². The van der Waals surface area contributed by atoms with E-state index in [1.54, 1.807) is 48.3 Å². The number of carbonyl (C=O) groups is 1. The maximum Gasteiger partial charge on any atom is 0.264 e. The Morgan fingerprint density at radius 2 is 1.61 bits per heavy atom. The van der Waals surface area contributed by atoms with Crippen LogP contribution >= 0.6 is 0 Å². The maximum absolute atomic E-state index is 13.6. The Labute approximate surface area is 184 Å². The monoisotopic (exact) mass is 446 g/mol. The third-order valence-corrected chi connectivity index (χ3v) is 7.55. The molecule has 1 aliphatic rings. The Kier molecular flexibility index (Phi) is 7.43. The van der Waals surface area contributed by atoms with Gasteiger partial charge < -0.3 is 14.4 Å². The van der Waals surface area contributed by atoms with Crippen molar-refractivity contribution >= 4 is 21.6 Å². The van der Waals surface area contributed by atoms with Crippen molar-refractivity contribution in [3.63, 3.8) is 0 Å². The van der Waals surface area contributed by atoms with Gasteiger partial charge in [0.15, 0.2) is 11.5 Å². The fraction of sp³-hybridized carbons (Fsp3) is 0.435. The van der Waals surface area contributed by atoms with Crippen molar-refractivity contribution < 1.29 is 22.7 Å². The van der Waals surface area contributed by atoms with E-state index in [1.165, 1.54) is 32.8 Å². The van der Waals surface area contributed by atoms with Gasteiger partial charge in [-0.05, 0) is 37.1 Å². The molecule has 2 aromatic carbocycles. The summed E-state index contributed by atoms with van der Waals surface area (Å²) in [6.07, 6.45) is 5.28. The van der Waals surface area contributed by atoms with Crippen molar-refractivity contribution in [3.8, 4) is 11.5 Å². The van der Waals surface area contributed by atoms with Crippen LogP contribution in [0.2, 0.25) is 0 Å². The summed E-state index contributed by atoms with van der Waals surface area (Å²) in [4.78, 5) is 14.8. The van der Waals surface area contributed by atoms with Crippen LogP contribution < -0.4 is 13.8 Å². The van der Waals surface area contributed by atoms with Gasteiger partial charge in [-0.2, -0.15) is 0 Å². The van der Waals surface area contributed by atoms with Gasteiger partial charge in [-0.25, -0.2) is 8.42 Å². The first-order chi connectivity index (χ1) is 14.9. The first kappa shape index (κ1) is 22.9. The minimum absolute atomic E-state index is 0.0297. The number of para-hydroxylation sites is 1. The van der Waals surface area contributed by atoms with E-state index in [2.05, 4.69) is 0 Å². The van der Waals surface area contributed by atoms with E-state index in [0.717, 1.165) is 30.0 Å². The number of carbonyl (C=O) groups excluding carboxylic acids is 1. The number of hydrogen-bond donors (Lipinski definition) is 0. The predicted octanol–water partition coefficient (Wildman–Crippen LogP) is 3.69. The van der Waals surface area contributed by atoms with Gasteiger partial charge in [0.2, 0.25) is 5.91 Å². The number of nitrogens with zero attached hydrogens (tertiary/aromatic N) is 2. The lowest BCUT2D eigenvalue weighted by atomic mass is 9.94. The number of anilines is 1. The molecule has 0 radical (unpaired) electrons. The molecule has 0 unspecified atom stereocenters. The van der Waals surface area contributed by atoms with Crippen molar-refractivity contribution in [1.82, 2.24) is 4.90 Å². The quantitative estimate of drug-likeness (QED) is 0.618. The zero-order valence-electron chi connectivity index (χ0n) is 18.3. The Balaban J connectivity index is 1.94. The smallest absolute Gasteiger partial charge is 0.264 e. The molecule has 31 heavy (non-hydrogen) atoms. The highest BCUT2D eigenvalue weighted by Crippen LogP contribution is 2.32. The Morgan fingerprint density at radius 3 is 2.23 bits per heavy atom. The average Bonchev–Trinajstić information content (AvgIpc) is 2.82.